The van der Waals surface area contributed by atoms with Crippen LogP contribution < -0.4 is 0 Å². The van der Waals surface area contributed by atoms with Crippen molar-refractivity contribution < 1.29 is 18.0 Å². The van der Waals surface area contributed by atoms with E-state index in [0.717, 1.165) is 22.2 Å². The van der Waals surface area contributed by atoms with E-state index in [1.807, 2.05) is 18.3 Å². The summed E-state index contributed by atoms with van der Waals surface area (Å²) in [6.07, 6.45) is -0.753. The van der Waals surface area contributed by atoms with Crippen LogP contribution in [0.3, 0.4) is 0 Å². The van der Waals surface area contributed by atoms with Gasteiger partial charge in [0.15, 0.2) is 0 Å². The number of halogens is 4. The van der Waals surface area contributed by atoms with E-state index in [2.05, 4.69) is 25.8 Å². The van der Waals surface area contributed by atoms with Gasteiger partial charge in [0, 0.05) is 49.6 Å². The number of pyridine rings is 1. The Labute approximate surface area is 173 Å². The fraction of sp³-hybridized carbons (Fsp3) is 0.300. The molecule has 0 radical (unpaired) electrons. The molecule has 1 fully saturated rings. The van der Waals surface area contributed by atoms with Crippen LogP contribution in [0.15, 0.2) is 53.3 Å². The third-order valence-electron chi connectivity index (χ3n) is 4.98. The molecule has 0 spiro atoms. The van der Waals surface area contributed by atoms with Crippen molar-refractivity contribution >= 4 is 27.5 Å². The molecule has 5 nitrogen and oxygen atoms in total. The number of benzene rings is 1. The molecule has 0 unspecified atom stereocenters. The van der Waals surface area contributed by atoms with Gasteiger partial charge >= 0.3 is 6.18 Å². The van der Waals surface area contributed by atoms with Gasteiger partial charge in [0.25, 0.3) is 5.91 Å². The maximum absolute atomic E-state index is 12.8. The second kappa shape index (κ2) is 7.79. The first-order valence-corrected chi connectivity index (χ1v) is 9.91. The quantitative estimate of drug-likeness (QED) is 0.583. The summed E-state index contributed by atoms with van der Waals surface area (Å²) < 4.78 is 40.7. The number of rotatable bonds is 3. The topological polar surface area (TPSA) is 40.9 Å². The molecule has 2 aromatic heterocycles. The summed E-state index contributed by atoms with van der Waals surface area (Å²) in [5.41, 5.74) is 1.29. The number of aromatic nitrogens is 2. The number of hydrogen-bond acceptors (Lipinski definition) is 3. The molecule has 9 heteroatoms. The summed E-state index contributed by atoms with van der Waals surface area (Å²) in [4.78, 5) is 21.0. The highest BCUT2D eigenvalue weighted by molar-refractivity contribution is 9.10. The lowest BCUT2D eigenvalue weighted by Gasteiger charge is -2.34. The number of amides is 1. The van der Waals surface area contributed by atoms with E-state index in [1.54, 1.807) is 15.5 Å². The van der Waals surface area contributed by atoms with Crippen molar-refractivity contribution in [3.05, 3.63) is 70.1 Å². The monoisotopic (exact) mass is 466 g/mol. The summed E-state index contributed by atoms with van der Waals surface area (Å²) in [5, 5.41) is 0. The molecule has 29 heavy (non-hydrogen) atoms. The number of fused-ring (bicyclic) bond motifs is 1. The highest BCUT2D eigenvalue weighted by atomic mass is 79.9. The first-order chi connectivity index (χ1) is 13.8. The van der Waals surface area contributed by atoms with Crippen molar-refractivity contribution in [1.29, 1.82) is 0 Å². The summed E-state index contributed by atoms with van der Waals surface area (Å²) in [7, 11) is 0. The molecule has 0 bridgehead atoms. The van der Waals surface area contributed by atoms with Crippen molar-refractivity contribution in [1.82, 2.24) is 19.2 Å². The molecule has 1 amide bonds. The number of nitrogens with zero attached hydrogens (tertiary/aromatic N) is 4. The van der Waals surface area contributed by atoms with Gasteiger partial charge in [-0.15, -0.1) is 0 Å². The Hall–Kier alpha value is -2.39. The zero-order valence-electron chi connectivity index (χ0n) is 15.4. The first kappa shape index (κ1) is 19.9. The van der Waals surface area contributed by atoms with Crippen molar-refractivity contribution in [2.45, 2.75) is 12.7 Å². The fourth-order valence-corrected chi connectivity index (χ4v) is 3.75. The van der Waals surface area contributed by atoms with Gasteiger partial charge in [-0.1, -0.05) is 12.1 Å². The fourth-order valence-electron chi connectivity index (χ4n) is 3.40. The lowest BCUT2D eigenvalue weighted by atomic mass is 10.1. The number of imidazole rings is 1. The predicted octanol–water partition coefficient (Wildman–Crippen LogP) is 4.07. The summed E-state index contributed by atoms with van der Waals surface area (Å²) in [6.45, 7) is 2.98. The zero-order chi connectivity index (χ0) is 20.6. The van der Waals surface area contributed by atoms with Crippen LogP contribution in [-0.4, -0.2) is 51.3 Å². The van der Waals surface area contributed by atoms with Crippen LogP contribution in [0.2, 0.25) is 0 Å². The van der Waals surface area contributed by atoms with Gasteiger partial charge in [-0.05, 0) is 45.8 Å². The molecular weight excluding hydrogens is 449 g/mol. The van der Waals surface area contributed by atoms with Crippen molar-refractivity contribution in [3.8, 4) is 0 Å². The van der Waals surface area contributed by atoms with Crippen LogP contribution in [0.5, 0.6) is 0 Å². The van der Waals surface area contributed by atoms with Gasteiger partial charge in [0.05, 0.1) is 5.56 Å². The number of piperazine rings is 1. The van der Waals surface area contributed by atoms with E-state index >= 15 is 0 Å². The number of carbonyl (C=O) groups is 1. The number of carbonyl (C=O) groups excluding carboxylic acids is 1. The number of alkyl halides is 3. The Kier molecular flexibility index (Phi) is 5.35. The summed E-state index contributed by atoms with van der Waals surface area (Å²) >= 11 is 3.40. The van der Waals surface area contributed by atoms with E-state index in [0.29, 0.717) is 44.1 Å². The number of hydrogen-bond donors (Lipinski definition) is 0. The van der Waals surface area contributed by atoms with Gasteiger partial charge in [-0.2, -0.15) is 13.2 Å². The summed E-state index contributed by atoms with van der Waals surface area (Å²) in [6, 6.07) is 8.94. The Morgan fingerprint density at radius 1 is 1.00 bits per heavy atom. The standard InChI is InChI=1S/C20H18BrF3N4O/c21-16-5-6-18-25-17(13-28(18)12-16)19(29)27-9-7-26(8-10-27)11-14-1-3-15(4-2-14)20(22,23)24/h1-6,12-13H,7-11H2. The van der Waals surface area contributed by atoms with E-state index < -0.39 is 11.7 Å². The van der Waals surface area contributed by atoms with Crippen LogP contribution in [0.4, 0.5) is 13.2 Å². The third-order valence-corrected chi connectivity index (χ3v) is 5.45. The minimum Gasteiger partial charge on any atom is -0.335 e. The normalized spacial score (nSPS) is 15.8. The molecule has 0 atom stereocenters. The van der Waals surface area contributed by atoms with E-state index in [-0.39, 0.29) is 5.91 Å². The maximum Gasteiger partial charge on any atom is 0.416 e. The lowest BCUT2D eigenvalue weighted by Crippen LogP contribution is -2.48. The second-order valence-corrected chi connectivity index (χ2v) is 7.92. The van der Waals surface area contributed by atoms with Gasteiger partial charge in [0.1, 0.15) is 11.3 Å². The largest absolute Gasteiger partial charge is 0.416 e. The van der Waals surface area contributed by atoms with Crippen LogP contribution in [0, 0.1) is 0 Å². The zero-order valence-corrected chi connectivity index (χ0v) is 16.9. The Balaban J connectivity index is 1.35. The molecule has 3 aromatic rings. The molecule has 1 aliphatic rings. The van der Waals surface area contributed by atoms with Crippen LogP contribution >= 0.6 is 15.9 Å². The van der Waals surface area contributed by atoms with Gasteiger partial charge in [0.2, 0.25) is 0 Å². The average Bonchev–Trinajstić information content (AvgIpc) is 3.11. The Morgan fingerprint density at radius 3 is 2.34 bits per heavy atom. The molecule has 1 saturated heterocycles. The van der Waals surface area contributed by atoms with Crippen molar-refractivity contribution in [2.24, 2.45) is 0 Å². The van der Waals surface area contributed by atoms with Gasteiger partial charge < -0.3 is 9.30 Å². The molecule has 1 aliphatic heterocycles. The highest BCUT2D eigenvalue weighted by Crippen LogP contribution is 2.29. The molecule has 0 aliphatic carbocycles. The van der Waals surface area contributed by atoms with Crippen LogP contribution in [0.1, 0.15) is 21.6 Å². The van der Waals surface area contributed by atoms with Crippen molar-refractivity contribution in [3.63, 3.8) is 0 Å². The molecule has 0 saturated carbocycles. The van der Waals surface area contributed by atoms with E-state index in [9.17, 15) is 18.0 Å². The molecule has 3 heterocycles. The van der Waals surface area contributed by atoms with Crippen LogP contribution in [0.25, 0.3) is 5.65 Å². The molecule has 0 N–H and O–H groups in total. The first-order valence-electron chi connectivity index (χ1n) is 9.11. The van der Waals surface area contributed by atoms with Gasteiger partial charge in [-0.25, -0.2) is 4.98 Å². The lowest BCUT2D eigenvalue weighted by molar-refractivity contribution is -0.137. The molecule has 4 rings (SSSR count). The third kappa shape index (κ3) is 4.45. The van der Waals surface area contributed by atoms with Gasteiger partial charge in [-0.3, -0.25) is 9.69 Å². The SMILES string of the molecule is O=C(c1cn2cc(Br)ccc2n1)N1CCN(Cc2ccc(C(F)(F)F)cc2)CC1. The minimum absolute atomic E-state index is 0.112. The maximum atomic E-state index is 12.8. The highest BCUT2D eigenvalue weighted by Gasteiger charge is 2.30. The Morgan fingerprint density at radius 2 is 1.69 bits per heavy atom. The van der Waals surface area contributed by atoms with Crippen molar-refractivity contribution in [2.75, 3.05) is 26.2 Å². The Bertz CT molecular complexity index is 1020. The average molecular weight is 467 g/mol. The van der Waals surface area contributed by atoms with E-state index in [1.165, 1.54) is 12.1 Å². The predicted molar refractivity (Wildman–Crippen MR) is 106 cm³/mol. The minimum atomic E-state index is -4.32. The second-order valence-electron chi connectivity index (χ2n) is 7.00. The van der Waals surface area contributed by atoms with Crippen LogP contribution in [-0.2, 0) is 12.7 Å². The molecule has 1 aromatic carbocycles. The summed E-state index contributed by atoms with van der Waals surface area (Å²) in [5.74, 6) is -0.112. The smallest absolute Gasteiger partial charge is 0.335 e. The molecule has 152 valence electrons. The molecular formula is C20H18BrF3N4O. The van der Waals surface area contributed by atoms with E-state index in [4.69, 9.17) is 0 Å².